The maximum atomic E-state index is 4.55. The van der Waals surface area contributed by atoms with Crippen molar-refractivity contribution < 1.29 is 0 Å². The van der Waals surface area contributed by atoms with Crippen molar-refractivity contribution in [3.8, 4) is 0 Å². The van der Waals surface area contributed by atoms with Gasteiger partial charge in [-0.15, -0.1) is 0 Å². The Kier molecular flexibility index (Phi) is 3.00. The maximum Gasteiger partial charge on any atom is 0.133 e. The predicted octanol–water partition coefficient (Wildman–Crippen LogP) is 1.90. The SMILES string of the molecule is Cc1cc(C)nc([C@H]2CCCN(C)C2)n1. The van der Waals surface area contributed by atoms with Gasteiger partial charge in [-0.3, -0.25) is 0 Å². The van der Waals surface area contributed by atoms with E-state index in [0.29, 0.717) is 5.92 Å². The molecule has 0 N–H and O–H groups in total. The number of rotatable bonds is 1. The second-order valence-electron chi connectivity index (χ2n) is 4.61. The highest BCUT2D eigenvalue weighted by Gasteiger charge is 2.21. The van der Waals surface area contributed by atoms with Crippen LogP contribution in [0.15, 0.2) is 6.07 Å². The highest BCUT2D eigenvalue weighted by molar-refractivity contribution is 5.11. The Labute approximate surface area is 91.5 Å². The topological polar surface area (TPSA) is 29.0 Å². The average molecular weight is 205 g/mol. The number of nitrogens with zero attached hydrogens (tertiary/aromatic N) is 3. The summed E-state index contributed by atoms with van der Waals surface area (Å²) in [6.07, 6.45) is 2.49. The highest BCUT2D eigenvalue weighted by Crippen LogP contribution is 2.23. The van der Waals surface area contributed by atoms with Crippen LogP contribution in [0.3, 0.4) is 0 Å². The lowest BCUT2D eigenvalue weighted by molar-refractivity contribution is 0.245. The van der Waals surface area contributed by atoms with E-state index in [0.717, 1.165) is 23.8 Å². The summed E-state index contributed by atoms with van der Waals surface area (Å²) in [6.45, 7) is 6.40. The molecule has 1 aliphatic heterocycles. The number of hydrogen-bond donors (Lipinski definition) is 0. The third-order valence-electron chi connectivity index (χ3n) is 2.99. The van der Waals surface area contributed by atoms with Crippen molar-refractivity contribution in [3.63, 3.8) is 0 Å². The summed E-state index contributed by atoms with van der Waals surface area (Å²) in [5, 5.41) is 0. The molecule has 2 rings (SSSR count). The van der Waals surface area contributed by atoms with Crippen molar-refractivity contribution in [2.75, 3.05) is 20.1 Å². The Morgan fingerprint density at radius 1 is 1.27 bits per heavy atom. The molecule has 3 nitrogen and oxygen atoms in total. The molecule has 82 valence electrons. The Balaban J connectivity index is 2.20. The van der Waals surface area contributed by atoms with Crippen LogP contribution in [0.4, 0.5) is 0 Å². The van der Waals surface area contributed by atoms with Crippen molar-refractivity contribution in [3.05, 3.63) is 23.3 Å². The first kappa shape index (κ1) is 10.6. The minimum absolute atomic E-state index is 0.530. The molecule has 1 aromatic heterocycles. The summed E-state index contributed by atoms with van der Waals surface area (Å²) in [5.74, 6) is 1.57. The quantitative estimate of drug-likeness (QED) is 0.701. The second-order valence-corrected chi connectivity index (χ2v) is 4.61. The van der Waals surface area contributed by atoms with Crippen LogP contribution in [0, 0.1) is 13.8 Å². The third kappa shape index (κ3) is 2.53. The van der Waals surface area contributed by atoms with Gasteiger partial charge in [0.05, 0.1) is 0 Å². The lowest BCUT2D eigenvalue weighted by Crippen LogP contribution is -2.31. The second kappa shape index (κ2) is 4.27. The molecular weight excluding hydrogens is 186 g/mol. The van der Waals surface area contributed by atoms with Gasteiger partial charge in [-0.05, 0) is 46.3 Å². The zero-order chi connectivity index (χ0) is 10.8. The van der Waals surface area contributed by atoms with Crippen LogP contribution < -0.4 is 0 Å². The van der Waals surface area contributed by atoms with Crippen LogP contribution in [0.2, 0.25) is 0 Å². The molecule has 0 aliphatic carbocycles. The van der Waals surface area contributed by atoms with Crippen LogP contribution in [0.25, 0.3) is 0 Å². The van der Waals surface area contributed by atoms with E-state index in [1.54, 1.807) is 0 Å². The van der Waals surface area contributed by atoms with E-state index in [-0.39, 0.29) is 0 Å². The van der Waals surface area contributed by atoms with Gasteiger partial charge in [0, 0.05) is 23.9 Å². The molecule has 1 fully saturated rings. The number of likely N-dealkylation sites (tertiary alicyclic amines) is 1. The summed E-state index contributed by atoms with van der Waals surface area (Å²) in [4.78, 5) is 11.5. The summed E-state index contributed by atoms with van der Waals surface area (Å²) >= 11 is 0. The third-order valence-corrected chi connectivity index (χ3v) is 2.99. The standard InChI is InChI=1S/C12H19N3/c1-9-7-10(2)14-12(13-9)11-5-4-6-15(3)8-11/h7,11H,4-6,8H2,1-3H3/t11-/m0/s1. The Bertz CT molecular complexity index is 328. The molecule has 1 aliphatic rings. The molecule has 3 heteroatoms. The fraction of sp³-hybridized carbons (Fsp3) is 0.667. The van der Waals surface area contributed by atoms with Crippen LogP contribution >= 0.6 is 0 Å². The van der Waals surface area contributed by atoms with E-state index >= 15 is 0 Å². The van der Waals surface area contributed by atoms with Gasteiger partial charge in [-0.1, -0.05) is 0 Å². The van der Waals surface area contributed by atoms with Gasteiger partial charge in [0.1, 0.15) is 5.82 Å². The van der Waals surface area contributed by atoms with Crippen molar-refractivity contribution in [2.24, 2.45) is 0 Å². The minimum atomic E-state index is 0.530. The fourth-order valence-electron chi connectivity index (χ4n) is 2.31. The smallest absolute Gasteiger partial charge is 0.133 e. The van der Waals surface area contributed by atoms with E-state index in [1.807, 2.05) is 19.9 Å². The van der Waals surface area contributed by atoms with E-state index in [4.69, 9.17) is 0 Å². The summed E-state index contributed by atoms with van der Waals surface area (Å²) in [6, 6.07) is 2.04. The van der Waals surface area contributed by atoms with Crippen LogP contribution in [0.5, 0.6) is 0 Å². The minimum Gasteiger partial charge on any atom is -0.306 e. The summed E-state index contributed by atoms with van der Waals surface area (Å²) in [7, 11) is 2.18. The van der Waals surface area contributed by atoms with Crippen molar-refractivity contribution in [1.29, 1.82) is 0 Å². The molecule has 0 amide bonds. The number of hydrogen-bond acceptors (Lipinski definition) is 3. The molecule has 1 aromatic rings. The number of likely N-dealkylation sites (N-methyl/N-ethyl adjacent to an activating group) is 1. The average Bonchev–Trinajstić information content (AvgIpc) is 2.16. The highest BCUT2D eigenvalue weighted by atomic mass is 15.1. The monoisotopic (exact) mass is 205 g/mol. The van der Waals surface area contributed by atoms with Crippen molar-refractivity contribution >= 4 is 0 Å². The van der Waals surface area contributed by atoms with Crippen molar-refractivity contribution in [2.45, 2.75) is 32.6 Å². The van der Waals surface area contributed by atoms with Gasteiger partial charge in [0.2, 0.25) is 0 Å². The number of piperidine rings is 1. The molecule has 2 heterocycles. The van der Waals surface area contributed by atoms with Gasteiger partial charge >= 0.3 is 0 Å². The number of aryl methyl sites for hydroxylation is 2. The lowest BCUT2D eigenvalue weighted by Gasteiger charge is -2.28. The first-order chi connectivity index (χ1) is 7.15. The Hall–Kier alpha value is -0.960. The largest absolute Gasteiger partial charge is 0.306 e. The van der Waals surface area contributed by atoms with Crippen LogP contribution in [-0.4, -0.2) is 35.0 Å². The van der Waals surface area contributed by atoms with E-state index in [2.05, 4.69) is 21.9 Å². The molecule has 1 atom stereocenters. The van der Waals surface area contributed by atoms with Gasteiger partial charge in [0.25, 0.3) is 0 Å². The van der Waals surface area contributed by atoms with E-state index in [9.17, 15) is 0 Å². The van der Waals surface area contributed by atoms with Crippen LogP contribution in [0.1, 0.15) is 36.0 Å². The summed E-state index contributed by atoms with van der Waals surface area (Å²) < 4.78 is 0. The molecule has 0 unspecified atom stereocenters. The lowest BCUT2D eigenvalue weighted by atomic mass is 9.97. The molecule has 0 bridgehead atoms. The van der Waals surface area contributed by atoms with Gasteiger partial charge in [-0.25, -0.2) is 9.97 Å². The fourth-order valence-corrected chi connectivity index (χ4v) is 2.31. The normalized spacial score (nSPS) is 23.0. The summed E-state index contributed by atoms with van der Waals surface area (Å²) in [5.41, 5.74) is 2.18. The molecule has 0 spiro atoms. The Morgan fingerprint density at radius 3 is 2.53 bits per heavy atom. The van der Waals surface area contributed by atoms with Gasteiger partial charge < -0.3 is 4.90 Å². The molecule has 15 heavy (non-hydrogen) atoms. The molecule has 0 saturated carbocycles. The van der Waals surface area contributed by atoms with E-state index in [1.165, 1.54) is 19.4 Å². The van der Waals surface area contributed by atoms with Gasteiger partial charge in [0.15, 0.2) is 0 Å². The maximum absolute atomic E-state index is 4.55. The zero-order valence-corrected chi connectivity index (χ0v) is 9.82. The molecule has 0 aromatic carbocycles. The van der Waals surface area contributed by atoms with Crippen LogP contribution in [-0.2, 0) is 0 Å². The van der Waals surface area contributed by atoms with E-state index < -0.39 is 0 Å². The predicted molar refractivity (Wildman–Crippen MR) is 61.0 cm³/mol. The van der Waals surface area contributed by atoms with Crippen molar-refractivity contribution in [1.82, 2.24) is 14.9 Å². The molecule has 1 saturated heterocycles. The first-order valence-electron chi connectivity index (χ1n) is 5.66. The molecular formula is C12H19N3. The number of aromatic nitrogens is 2. The first-order valence-corrected chi connectivity index (χ1v) is 5.66. The zero-order valence-electron chi connectivity index (χ0n) is 9.82. The molecule has 0 radical (unpaired) electrons. The van der Waals surface area contributed by atoms with Gasteiger partial charge in [-0.2, -0.15) is 0 Å². The Morgan fingerprint density at radius 2 is 1.93 bits per heavy atom.